The predicted octanol–water partition coefficient (Wildman–Crippen LogP) is 2.75. The van der Waals surface area contributed by atoms with Crippen molar-refractivity contribution in [2.45, 2.75) is 64.5 Å². The van der Waals surface area contributed by atoms with Crippen LogP contribution in [0, 0.1) is 11.8 Å². The van der Waals surface area contributed by atoms with Crippen LogP contribution in [0.2, 0.25) is 0 Å². The van der Waals surface area contributed by atoms with Crippen LogP contribution in [0.5, 0.6) is 0 Å². The molecule has 3 nitrogen and oxygen atoms in total. The van der Waals surface area contributed by atoms with Crippen molar-refractivity contribution in [3.63, 3.8) is 0 Å². The van der Waals surface area contributed by atoms with Crippen molar-refractivity contribution in [3.05, 3.63) is 0 Å². The molecule has 0 aromatic carbocycles. The Hall–Kier alpha value is -0.570. The molecule has 0 bridgehead atoms. The molecule has 2 atom stereocenters. The minimum atomic E-state index is -0.622. The number of carboxylic acids is 1. The van der Waals surface area contributed by atoms with E-state index in [-0.39, 0.29) is 0 Å². The first-order chi connectivity index (χ1) is 8.09. The second-order valence-corrected chi connectivity index (χ2v) is 6.01. The second kappa shape index (κ2) is 5.38. The number of carbonyl (C=O) groups is 1. The molecule has 0 amide bonds. The van der Waals surface area contributed by atoms with Crippen LogP contribution in [0.3, 0.4) is 0 Å². The molecule has 17 heavy (non-hydrogen) atoms. The predicted molar refractivity (Wildman–Crippen MR) is 67.9 cm³/mol. The molecular formula is C14H25NO2. The number of likely N-dealkylation sites (tertiary alicyclic amines) is 1. The highest BCUT2D eigenvalue weighted by atomic mass is 16.4. The molecule has 1 heterocycles. The Morgan fingerprint density at radius 2 is 1.94 bits per heavy atom. The lowest BCUT2D eigenvalue weighted by Gasteiger charge is -2.35. The molecule has 1 saturated heterocycles. The van der Waals surface area contributed by atoms with Crippen molar-refractivity contribution in [2.24, 2.45) is 11.8 Å². The maximum absolute atomic E-state index is 11.0. The minimum Gasteiger partial charge on any atom is -0.481 e. The van der Waals surface area contributed by atoms with Gasteiger partial charge in [-0.15, -0.1) is 0 Å². The molecule has 2 fully saturated rings. The molecule has 0 radical (unpaired) electrons. The molecular weight excluding hydrogens is 214 g/mol. The van der Waals surface area contributed by atoms with Crippen molar-refractivity contribution in [3.8, 4) is 0 Å². The summed E-state index contributed by atoms with van der Waals surface area (Å²) in [6.45, 7) is 5.58. The Balaban J connectivity index is 2.08. The van der Waals surface area contributed by atoms with Crippen LogP contribution in [0.4, 0.5) is 0 Å². The zero-order valence-corrected chi connectivity index (χ0v) is 11.1. The Bertz CT molecular complexity index is 271. The summed E-state index contributed by atoms with van der Waals surface area (Å²) in [6.07, 6.45) is 6.74. The maximum atomic E-state index is 11.0. The topological polar surface area (TPSA) is 40.5 Å². The van der Waals surface area contributed by atoms with Gasteiger partial charge in [-0.1, -0.05) is 12.8 Å². The Kier molecular flexibility index (Phi) is 4.08. The minimum absolute atomic E-state index is 0.365. The number of hydrogen-bond donors (Lipinski definition) is 1. The molecule has 2 aliphatic rings. The van der Waals surface area contributed by atoms with Crippen LogP contribution < -0.4 is 0 Å². The number of carboxylic acid groups (broad SMARTS) is 1. The molecule has 0 aromatic rings. The molecule has 0 spiro atoms. The highest BCUT2D eigenvalue weighted by molar-refractivity contribution is 5.67. The molecule has 1 N–H and O–H groups in total. The van der Waals surface area contributed by atoms with Gasteiger partial charge < -0.3 is 5.11 Å². The molecule has 1 aliphatic carbocycles. The van der Waals surface area contributed by atoms with Crippen LogP contribution >= 0.6 is 0 Å². The Morgan fingerprint density at radius 3 is 2.47 bits per heavy atom. The van der Waals surface area contributed by atoms with Gasteiger partial charge in [0.1, 0.15) is 0 Å². The van der Waals surface area contributed by atoms with Gasteiger partial charge in [0, 0.05) is 18.5 Å². The van der Waals surface area contributed by atoms with Gasteiger partial charge in [-0.3, -0.25) is 9.69 Å². The van der Waals surface area contributed by atoms with Gasteiger partial charge in [0.25, 0.3) is 0 Å². The zero-order valence-electron chi connectivity index (χ0n) is 11.1. The summed E-state index contributed by atoms with van der Waals surface area (Å²) in [5.74, 6) is 0.519. The standard InChI is InChI=1S/C14H25NO2/c1-10(2)15-8-7-12(9-13(16)17)14(15)11-5-3-4-6-11/h10-12,14H,3-9H2,1-2H3,(H,16,17)/t12-,14-/m1/s1. The summed E-state index contributed by atoms with van der Waals surface area (Å²) in [5, 5.41) is 9.04. The van der Waals surface area contributed by atoms with E-state index in [4.69, 9.17) is 5.11 Å². The summed E-state index contributed by atoms with van der Waals surface area (Å²) in [7, 11) is 0. The first kappa shape index (κ1) is 12.9. The molecule has 98 valence electrons. The molecule has 0 unspecified atom stereocenters. The highest BCUT2D eigenvalue weighted by Gasteiger charge is 2.41. The summed E-state index contributed by atoms with van der Waals surface area (Å²) in [5.41, 5.74) is 0. The normalized spacial score (nSPS) is 31.5. The van der Waals surface area contributed by atoms with E-state index in [0.29, 0.717) is 24.4 Å². The second-order valence-electron chi connectivity index (χ2n) is 6.01. The fourth-order valence-electron chi connectivity index (χ4n) is 3.91. The van der Waals surface area contributed by atoms with Crippen molar-refractivity contribution in [2.75, 3.05) is 6.54 Å². The summed E-state index contributed by atoms with van der Waals surface area (Å²) >= 11 is 0. The van der Waals surface area contributed by atoms with E-state index >= 15 is 0 Å². The average Bonchev–Trinajstić information content (AvgIpc) is 2.83. The molecule has 3 heteroatoms. The molecule has 1 saturated carbocycles. The van der Waals surface area contributed by atoms with Crippen molar-refractivity contribution >= 4 is 5.97 Å². The van der Waals surface area contributed by atoms with E-state index in [1.54, 1.807) is 0 Å². The van der Waals surface area contributed by atoms with Gasteiger partial charge in [-0.25, -0.2) is 0 Å². The van der Waals surface area contributed by atoms with Crippen molar-refractivity contribution in [1.82, 2.24) is 4.90 Å². The molecule has 0 aromatic heterocycles. The smallest absolute Gasteiger partial charge is 0.303 e. The highest BCUT2D eigenvalue weighted by Crippen LogP contribution is 2.40. The summed E-state index contributed by atoms with van der Waals surface area (Å²) in [6, 6.07) is 1.09. The number of rotatable bonds is 4. The lowest BCUT2D eigenvalue weighted by molar-refractivity contribution is -0.138. The van der Waals surface area contributed by atoms with Crippen LogP contribution in [-0.2, 0) is 4.79 Å². The number of nitrogens with zero attached hydrogens (tertiary/aromatic N) is 1. The summed E-state index contributed by atoms with van der Waals surface area (Å²) in [4.78, 5) is 13.5. The lowest BCUT2D eigenvalue weighted by atomic mass is 9.85. The number of hydrogen-bond acceptors (Lipinski definition) is 2. The quantitative estimate of drug-likeness (QED) is 0.820. The Morgan fingerprint density at radius 1 is 1.29 bits per heavy atom. The fourth-order valence-corrected chi connectivity index (χ4v) is 3.91. The molecule has 1 aliphatic heterocycles. The molecule has 2 rings (SSSR count). The first-order valence-electron chi connectivity index (χ1n) is 7.07. The van der Waals surface area contributed by atoms with E-state index in [0.717, 1.165) is 18.9 Å². The van der Waals surface area contributed by atoms with E-state index in [2.05, 4.69) is 18.7 Å². The Labute approximate surface area is 104 Å². The lowest BCUT2D eigenvalue weighted by Crippen LogP contribution is -2.42. The van der Waals surface area contributed by atoms with Gasteiger partial charge >= 0.3 is 5.97 Å². The summed E-state index contributed by atoms with van der Waals surface area (Å²) < 4.78 is 0. The third-order valence-electron chi connectivity index (χ3n) is 4.61. The zero-order chi connectivity index (χ0) is 12.4. The monoisotopic (exact) mass is 239 g/mol. The van der Waals surface area contributed by atoms with Gasteiger partial charge in [0.2, 0.25) is 0 Å². The fraction of sp³-hybridized carbons (Fsp3) is 0.929. The van der Waals surface area contributed by atoms with Crippen molar-refractivity contribution in [1.29, 1.82) is 0 Å². The van der Waals surface area contributed by atoms with E-state index in [9.17, 15) is 4.79 Å². The van der Waals surface area contributed by atoms with Crippen LogP contribution in [-0.4, -0.2) is 34.6 Å². The SMILES string of the molecule is CC(C)N1CC[C@H](CC(=O)O)[C@H]1C1CCCC1. The van der Waals surface area contributed by atoms with Crippen LogP contribution in [0.1, 0.15) is 52.4 Å². The van der Waals surface area contributed by atoms with E-state index < -0.39 is 5.97 Å². The van der Waals surface area contributed by atoms with Gasteiger partial charge in [-0.2, -0.15) is 0 Å². The van der Waals surface area contributed by atoms with Crippen molar-refractivity contribution < 1.29 is 9.90 Å². The third-order valence-corrected chi connectivity index (χ3v) is 4.61. The third kappa shape index (κ3) is 2.82. The van der Waals surface area contributed by atoms with E-state index in [1.165, 1.54) is 25.7 Å². The van der Waals surface area contributed by atoms with E-state index in [1.807, 2.05) is 0 Å². The first-order valence-corrected chi connectivity index (χ1v) is 7.07. The largest absolute Gasteiger partial charge is 0.481 e. The average molecular weight is 239 g/mol. The van der Waals surface area contributed by atoms with Gasteiger partial charge in [-0.05, 0) is 51.5 Å². The van der Waals surface area contributed by atoms with Crippen LogP contribution in [0.15, 0.2) is 0 Å². The van der Waals surface area contributed by atoms with Gasteiger partial charge in [0.05, 0.1) is 0 Å². The van der Waals surface area contributed by atoms with Crippen LogP contribution in [0.25, 0.3) is 0 Å². The van der Waals surface area contributed by atoms with Gasteiger partial charge in [0.15, 0.2) is 0 Å². The number of aliphatic carboxylic acids is 1. The maximum Gasteiger partial charge on any atom is 0.303 e.